The van der Waals surface area contributed by atoms with Gasteiger partial charge >= 0.3 is 0 Å². The smallest absolute Gasteiger partial charge is 0.274 e. The minimum absolute atomic E-state index is 0.151. The van der Waals surface area contributed by atoms with Gasteiger partial charge in [0.2, 0.25) is 0 Å². The largest absolute Gasteiger partial charge is 0.508 e. The molecule has 0 aliphatic carbocycles. The Hall–Kier alpha value is -1.59. The van der Waals surface area contributed by atoms with Crippen LogP contribution in [0.5, 0.6) is 5.75 Å². The first-order valence-corrected chi connectivity index (χ1v) is 4.82. The number of phenols is 1. The second-order valence-corrected chi connectivity index (χ2v) is 3.40. The van der Waals surface area contributed by atoms with Crippen molar-refractivity contribution in [2.75, 3.05) is 14.2 Å². The molecule has 1 amide bonds. The Labute approximate surface area is 93.8 Å². The second kappa shape index (κ2) is 5.48. The lowest BCUT2D eigenvalue weighted by Crippen LogP contribution is -2.36. The molecule has 1 rings (SSSR count). The third kappa shape index (κ3) is 3.22. The maximum Gasteiger partial charge on any atom is 0.274 e. The van der Waals surface area contributed by atoms with E-state index in [0.29, 0.717) is 0 Å². The standard InChI is InChI=1S/C11H15NO4/c1-12(16-2)11(15)10(14)7-8-3-5-9(13)6-4-8/h3-6,10,13-14H,7H2,1-2H3/t10-/m1/s1. The predicted molar refractivity (Wildman–Crippen MR) is 57.6 cm³/mol. The number of benzene rings is 1. The van der Waals surface area contributed by atoms with Crippen molar-refractivity contribution in [2.24, 2.45) is 0 Å². The number of amides is 1. The van der Waals surface area contributed by atoms with Crippen molar-refractivity contribution < 1.29 is 19.8 Å². The number of likely N-dealkylation sites (N-methyl/N-ethyl adjacent to an activating group) is 1. The highest BCUT2D eigenvalue weighted by atomic mass is 16.7. The minimum atomic E-state index is -1.14. The maximum atomic E-state index is 11.4. The highest BCUT2D eigenvalue weighted by Crippen LogP contribution is 2.11. The lowest BCUT2D eigenvalue weighted by Gasteiger charge is -2.17. The summed E-state index contributed by atoms with van der Waals surface area (Å²) in [7, 11) is 2.79. The van der Waals surface area contributed by atoms with E-state index in [0.717, 1.165) is 10.6 Å². The van der Waals surface area contributed by atoms with Gasteiger partial charge in [0.1, 0.15) is 11.9 Å². The van der Waals surface area contributed by atoms with E-state index < -0.39 is 12.0 Å². The summed E-state index contributed by atoms with van der Waals surface area (Å²) in [6, 6.07) is 6.32. The van der Waals surface area contributed by atoms with E-state index in [1.807, 2.05) is 0 Å². The zero-order chi connectivity index (χ0) is 12.1. The summed E-state index contributed by atoms with van der Waals surface area (Å²) in [5.41, 5.74) is 0.767. The molecule has 1 aromatic carbocycles. The summed E-state index contributed by atoms with van der Waals surface area (Å²) in [5, 5.41) is 19.7. The van der Waals surface area contributed by atoms with E-state index in [1.165, 1.54) is 26.3 Å². The van der Waals surface area contributed by atoms with Gasteiger partial charge < -0.3 is 10.2 Å². The van der Waals surface area contributed by atoms with Crippen LogP contribution >= 0.6 is 0 Å². The molecule has 1 aromatic rings. The van der Waals surface area contributed by atoms with Crippen LogP contribution in [0.15, 0.2) is 24.3 Å². The van der Waals surface area contributed by atoms with Gasteiger partial charge in [-0.3, -0.25) is 9.63 Å². The van der Waals surface area contributed by atoms with Gasteiger partial charge in [-0.1, -0.05) is 12.1 Å². The van der Waals surface area contributed by atoms with E-state index >= 15 is 0 Å². The Balaban J connectivity index is 2.60. The molecule has 88 valence electrons. The third-order valence-electron chi connectivity index (χ3n) is 2.23. The van der Waals surface area contributed by atoms with E-state index in [-0.39, 0.29) is 12.2 Å². The molecule has 5 nitrogen and oxygen atoms in total. The summed E-state index contributed by atoms with van der Waals surface area (Å²) in [6.45, 7) is 0. The minimum Gasteiger partial charge on any atom is -0.508 e. The number of hydroxylamine groups is 2. The summed E-state index contributed by atoms with van der Waals surface area (Å²) in [5.74, 6) is -0.353. The summed E-state index contributed by atoms with van der Waals surface area (Å²) >= 11 is 0. The normalized spacial score (nSPS) is 12.2. The van der Waals surface area contributed by atoms with Gasteiger partial charge in [0.15, 0.2) is 0 Å². The molecule has 0 saturated carbocycles. The average molecular weight is 225 g/mol. The number of carbonyl (C=O) groups is 1. The van der Waals surface area contributed by atoms with E-state index in [9.17, 15) is 9.90 Å². The van der Waals surface area contributed by atoms with Crippen molar-refractivity contribution >= 4 is 5.91 Å². The molecule has 0 aliphatic rings. The molecule has 0 aliphatic heterocycles. The predicted octanol–water partition coefficient (Wildman–Crippen LogP) is 0.315. The quantitative estimate of drug-likeness (QED) is 0.724. The molecule has 0 spiro atoms. The Bertz CT molecular complexity index is 350. The molecule has 0 bridgehead atoms. The number of hydrogen-bond acceptors (Lipinski definition) is 4. The van der Waals surface area contributed by atoms with Crippen molar-refractivity contribution in [3.63, 3.8) is 0 Å². The van der Waals surface area contributed by atoms with Crippen LogP contribution in [0.3, 0.4) is 0 Å². The average Bonchev–Trinajstić information content (AvgIpc) is 2.30. The van der Waals surface area contributed by atoms with Gasteiger partial charge in [-0.15, -0.1) is 0 Å². The number of hydrogen-bond donors (Lipinski definition) is 2. The number of carbonyl (C=O) groups excluding carboxylic acids is 1. The van der Waals surface area contributed by atoms with Crippen molar-refractivity contribution in [1.82, 2.24) is 5.06 Å². The molecule has 2 N–H and O–H groups in total. The van der Waals surface area contributed by atoms with E-state index in [1.54, 1.807) is 12.1 Å². The van der Waals surface area contributed by atoms with Crippen LogP contribution in [0.4, 0.5) is 0 Å². The van der Waals surface area contributed by atoms with Gasteiger partial charge in [-0.25, -0.2) is 5.06 Å². The third-order valence-corrected chi connectivity index (χ3v) is 2.23. The Kier molecular flexibility index (Phi) is 4.28. The highest BCUT2D eigenvalue weighted by molar-refractivity contribution is 5.79. The lowest BCUT2D eigenvalue weighted by molar-refractivity contribution is -0.177. The van der Waals surface area contributed by atoms with Gasteiger partial charge in [0, 0.05) is 13.5 Å². The summed E-state index contributed by atoms with van der Waals surface area (Å²) < 4.78 is 0. The number of phenolic OH excluding ortho intramolecular Hbond substituents is 1. The lowest BCUT2D eigenvalue weighted by atomic mass is 10.1. The van der Waals surface area contributed by atoms with Gasteiger partial charge in [0.05, 0.1) is 7.11 Å². The fourth-order valence-corrected chi connectivity index (χ4v) is 1.24. The molecule has 0 fully saturated rings. The molecular formula is C11H15NO4. The summed E-state index contributed by atoms with van der Waals surface area (Å²) in [6.07, 6.45) is -0.957. The van der Waals surface area contributed by atoms with Crippen molar-refractivity contribution in [3.8, 4) is 5.75 Å². The van der Waals surface area contributed by atoms with Crippen molar-refractivity contribution in [2.45, 2.75) is 12.5 Å². The van der Waals surface area contributed by atoms with E-state index in [4.69, 9.17) is 5.11 Å². The van der Waals surface area contributed by atoms with Gasteiger partial charge in [-0.05, 0) is 17.7 Å². The Morgan fingerprint density at radius 1 is 1.44 bits per heavy atom. The molecule has 1 atom stereocenters. The fraction of sp³-hybridized carbons (Fsp3) is 0.364. The molecular weight excluding hydrogens is 210 g/mol. The first kappa shape index (κ1) is 12.5. The topological polar surface area (TPSA) is 70.0 Å². The van der Waals surface area contributed by atoms with Crippen LogP contribution in [0, 0.1) is 0 Å². The first-order chi connectivity index (χ1) is 7.54. The van der Waals surface area contributed by atoms with Crippen LogP contribution < -0.4 is 0 Å². The number of aliphatic hydroxyl groups is 1. The zero-order valence-corrected chi connectivity index (χ0v) is 9.25. The number of aromatic hydroxyl groups is 1. The second-order valence-electron chi connectivity index (χ2n) is 3.40. The van der Waals surface area contributed by atoms with Crippen molar-refractivity contribution in [3.05, 3.63) is 29.8 Å². The first-order valence-electron chi connectivity index (χ1n) is 4.82. The zero-order valence-electron chi connectivity index (χ0n) is 9.25. The van der Waals surface area contributed by atoms with Crippen LogP contribution in [-0.2, 0) is 16.1 Å². The van der Waals surface area contributed by atoms with Crippen LogP contribution in [0.2, 0.25) is 0 Å². The Morgan fingerprint density at radius 2 is 2.00 bits per heavy atom. The highest BCUT2D eigenvalue weighted by Gasteiger charge is 2.19. The molecule has 16 heavy (non-hydrogen) atoms. The van der Waals surface area contributed by atoms with Crippen LogP contribution in [0.25, 0.3) is 0 Å². The SMILES string of the molecule is CON(C)C(=O)[C@H](O)Cc1ccc(O)cc1. The maximum absolute atomic E-state index is 11.4. The van der Waals surface area contributed by atoms with Gasteiger partial charge in [-0.2, -0.15) is 0 Å². The van der Waals surface area contributed by atoms with Gasteiger partial charge in [0.25, 0.3) is 5.91 Å². The summed E-state index contributed by atoms with van der Waals surface area (Å²) in [4.78, 5) is 16.1. The number of rotatable bonds is 4. The molecule has 0 saturated heterocycles. The molecule has 5 heteroatoms. The molecule has 0 heterocycles. The molecule has 0 unspecified atom stereocenters. The number of nitrogens with zero attached hydrogens (tertiary/aromatic N) is 1. The van der Waals surface area contributed by atoms with Crippen LogP contribution in [0.1, 0.15) is 5.56 Å². The fourth-order valence-electron chi connectivity index (χ4n) is 1.24. The van der Waals surface area contributed by atoms with Crippen LogP contribution in [-0.4, -0.2) is 41.4 Å². The molecule has 0 radical (unpaired) electrons. The van der Waals surface area contributed by atoms with Crippen molar-refractivity contribution in [1.29, 1.82) is 0 Å². The Morgan fingerprint density at radius 3 is 2.50 bits per heavy atom. The number of aliphatic hydroxyl groups excluding tert-OH is 1. The molecule has 0 aromatic heterocycles. The monoisotopic (exact) mass is 225 g/mol. The van der Waals surface area contributed by atoms with E-state index in [2.05, 4.69) is 4.84 Å².